The molecule has 0 radical (unpaired) electrons. The first kappa shape index (κ1) is 21.2. The van der Waals surface area contributed by atoms with Gasteiger partial charge in [-0.2, -0.15) is 0 Å². The molecule has 0 aliphatic carbocycles. The summed E-state index contributed by atoms with van der Waals surface area (Å²) >= 11 is 1.88. The monoisotopic (exact) mass is 464 g/mol. The summed E-state index contributed by atoms with van der Waals surface area (Å²) < 4.78 is 10.4. The number of likely N-dealkylation sites (tertiary alicyclic amines) is 2. The Morgan fingerprint density at radius 2 is 1.52 bits per heavy atom. The largest absolute Gasteiger partial charge is 0.457 e. The van der Waals surface area contributed by atoms with Gasteiger partial charge in [-0.3, -0.25) is 9.80 Å². The molecule has 33 heavy (non-hydrogen) atoms. The van der Waals surface area contributed by atoms with Gasteiger partial charge in [-0.25, -0.2) is 9.59 Å². The van der Waals surface area contributed by atoms with Crippen molar-refractivity contribution in [2.45, 2.75) is 56.9 Å². The lowest BCUT2D eigenvalue weighted by molar-refractivity contribution is 0.0526. The number of carbonyl (C=O) groups excluding carboxylic acids is 2. The molecule has 2 atom stereocenters. The Bertz CT molecular complexity index is 1070. The first-order chi connectivity index (χ1) is 16.0. The van der Waals surface area contributed by atoms with Gasteiger partial charge in [-0.1, -0.05) is 6.07 Å². The maximum Gasteiger partial charge on any atom is 0.338 e. The number of carbonyl (C=O) groups is 2. The van der Waals surface area contributed by atoms with E-state index < -0.39 is 0 Å². The number of nitrogens with zero attached hydrogens (tertiary/aromatic N) is 2. The van der Waals surface area contributed by atoms with Crippen LogP contribution in [0.2, 0.25) is 0 Å². The smallest absolute Gasteiger partial charge is 0.338 e. The quantitative estimate of drug-likeness (QED) is 0.477. The van der Waals surface area contributed by atoms with Crippen molar-refractivity contribution in [1.29, 1.82) is 0 Å². The molecule has 6 nitrogen and oxygen atoms in total. The number of thioether (sulfide) groups is 1. The summed E-state index contributed by atoms with van der Waals surface area (Å²) in [5, 5.41) is 0. The van der Waals surface area contributed by atoms with Gasteiger partial charge in [0, 0.05) is 53.6 Å². The van der Waals surface area contributed by atoms with Gasteiger partial charge in [0.15, 0.2) is 0 Å². The minimum atomic E-state index is -0.196. The molecule has 0 saturated carbocycles. The number of fused-ring (bicyclic) bond motifs is 4. The lowest BCUT2D eigenvalue weighted by Gasteiger charge is -2.34. The highest BCUT2D eigenvalue weighted by Crippen LogP contribution is 2.36. The number of rotatable bonds is 6. The summed E-state index contributed by atoms with van der Waals surface area (Å²) in [5.41, 5.74) is 7.33. The van der Waals surface area contributed by atoms with Crippen LogP contribution in [0.4, 0.5) is 0 Å². The number of esters is 2. The summed E-state index contributed by atoms with van der Waals surface area (Å²) in [6, 6.07) is 9.28. The maximum absolute atomic E-state index is 11.8. The van der Waals surface area contributed by atoms with E-state index in [0.29, 0.717) is 25.3 Å². The Balaban J connectivity index is 1.04. The SMILES string of the molecule is Cc1c(CCN2CC3CC2CN3CSc2ccc3c(c2C)COC3=O)ccc2c1COC2=O. The van der Waals surface area contributed by atoms with Crippen LogP contribution in [0.1, 0.15) is 55.0 Å². The van der Waals surface area contributed by atoms with Crippen molar-refractivity contribution in [3.05, 3.63) is 63.2 Å². The molecule has 4 heterocycles. The minimum Gasteiger partial charge on any atom is -0.457 e. The van der Waals surface area contributed by atoms with Gasteiger partial charge >= 0.3 is 11.9 Å². The average Bonchev–Trinajstić information content (AvgIpc) is 3.58. The van der Waals surface area contributed by atoms with Crippen LogP contribution >= 0.6 is 11.8 Å². The summed E-state index contributed by atoms with van der Waals surface area (Å²) in [6.45, 7) is 8.36. The number of cyclic esters (lactones) is 2. The predicted molar refractivity (Wildman–Crippen MR) is 125 cm³/mol. The third kappa shape index (κ3) is 3.57. The van der Waals surface area contributed by atoms with Gasteiger partial charge in [0.25, 0.3) is 0 Å². The van der Waals surface area contributed by atoms with Crippen LogP contribution in [-0.4, -0.2) is 59.3 Å². The number of ether oxygens (including phenoxy) is 2. The molecule has 2 aromatic rings. The highest BCUT2D eigenvalue weighted by molar-refractivity contribution is 7.99. The van der Waals surface area contributed by atoms with Gasteiger partial charge in [0.1, 0.15) is 13.2 Å². The van der Waals surface area contributed by atoms with E-state index in [2.05, 4.69) is 35.8 Å². The lowest BCUT2D eigenvalue weighted by Crippen LogP contribution is -2.46. The zero-order valence-electron chi connectivity index (χ0n) is 19.1. The van der Waals surface area contributed by atoms with E-state index in [1.165, 1.54) is 28.0 Å². The molecule has 6 rings (SSSR count). The van der Waals surface area contributed by atoms with Gasteiger partial charge in [-0.15, -0.1) is 11.8 Å². The summed E-state index contributed by atoms with van der Waals surface area (Å²) in [4.78, 5) is 30.1. The predicted octanol–water partition coefficient (Wildman–Crippen LogP) is 3.70. The normalized spacial score (nSPS) is 23.7. The van der Waals surface area contributed by atoms with E-state index in [4.69, 9.17) is 9.47 Å². The Labute approximate surface area is 198 Å². The maximum atomic E-state index is 11.8. The molecule has 0 N–H and O–H groups in total. The fourth-order valence-corrected chi connectivity index (χ4v) is 6.96. The Morgan fingerprint density at radius 1 is 0.879 bits per heavy atom. The Morgan fingerprint density at radius 3 is 2.21 bits per heavy atom. The van der Waals surface area contributed by atoms with Gasteiger partial charge in [0.05, 0.1) is 11.1 Å². The topological polar surface area (TPSA) is 59.1 Å². The minimum absolute atomic E-state index is 0.189. The zero-order chi connectivity index (χ0) is 22.7. The standard InChI is InChI=1S/C26H28N2O4S/c1-15-17(3-4-20-22(15)12-31-25(20)29)7-8-27-10-19-9-18(27)11-28(19)14-33-24-6-5-21-23(16(24)2)13-32-26(21)30/h3-6,18-19H,7-14H2,1-2H3. The van der Waals surface area contributed by atoms with Crippen molar-refractivity contribution in [1.82, 2.24) is 9.80 Å². The van der Waals surface area contributed by atoms with E-state index in [-0.39, 0.29) is 11.9 Å². The molecule has 2 fully saturated rings. The highest BCUT2D eigenvalue weighted by atomic mass is 32.2. The van der Waals surface area contributed by atoms with Crippen LogP contribution in [-0.2, 0) is 29.1 Å². The van der Waals surface area contributed by atoms with E-state index >= 15 is 0 Å². The van der Waals surface area contributed by atoms with E-state index in [1.54, 1.807) is 0 Å². The van der Waals surface area contributed by atoms with Crippen LogP contribution in [0.3, 0.4) is 0 Å². The zero-order valence-corrected chi connectivity index (χ0v) is 19.9. The van der Waals surface area contributed by atoms with Gasteiger partial charge < -0.3 is 9.47 Å². The van der Waals surface area contributed by atoms with Crippen molar-refractivity contribution >= 4 is 23.7 Å². The lowest BCUT2D eigenvalue weighted by atomic mass is 9.96. The number of piperazine rings is 1. The molecule has 0 spiro atoms. The van der Waals surface area contributed by atoms with Crippen LogP contribution in [0.5, 0.6) is 0 Å². The molecule has 0 aromatic heterocycles. The van der Waals surface area contributed by atoms with Crippen LogP contribution in [0.15, 0.2) is 29.2 Å². The van der Waals surface area contributed by atoms with Crippen molar-refractivity contribution in [3.63, 3.8) is 0 Å². The van der Waals surface area contributed by atoms with Crippen LogP contribution in [0, 0.1) is 13.8 Å². The third-order valence-corrected chi connectivity index (χ3v) is 9.13. The first-order valence-corrected chi connectivity index (χ1v) is 12.7. The number of hydrogen-bond donors (Lipinski definition) is 0. The van der Waals surface area contributed by atoms with Gasteiger partial charge in [0.2, 0.25) is 0 Å². The first-order valence-electron chi connectivity index (χ1n) is 11.7. The molecule has 172 valence electrons. The van der Waals surface area contributed by atoms with Crippen molar-refractivity contribution in [3.8, 4) is 0 Å². The van der Waals surface area contributed by atoms with Crippen molar-refractivity contribution in [2.24, 2.45) is 0 Å². The second kappa shape index (κ2) is 8.15. The second-order valence-electron chi connectivity index (χ2n) is 9.58. The van der Waals surface area contributed by atoms with Crippen LogP contribution < -0.4 is 0 Å². The van der Waals surface area contributed by atoms with E-state index in [9.17, 15) is 9.59 Å². The second-order valence-corrected chi connectivity index (χ2v) is 10.6. The Hall–Kier alpha value is -2.35. The molecule has 4 aliphatic heterocycles. The van der Waals surface area contributed by atoms with Crippen LogP contribution in [0.25, 0.3) is 0 Å². The fraction of sp³-hybridized carbons (Fsp3) is 0.462. The van der Waals surface area contributed by atoms with Gasteiger partial charge in [-0.05, 0) is 61.6 Å². The molecule has 2 saturated heterocycles. The molecule has 2 bridgehead atoms. The molecule has 0 amide bonds. The average molecular weight is 465 g/mol. The fourth-order valence-electron chi connectivity index (χ4n) is 5.83. The summed E-state index contributed by atoms with van der Waals surface area (Å²) in [6.07, 6.45) is 2.26. The third-order valence-electron chi connectivity index (χ3n) is 7.92. The molecule has 7 heteroatoms. The summed E-state index contributed by atoms with van der Waals surface area (Å²) in [7, 11) is 0. The highest BCUT2D eigenvalue weighted by Gasteiger charge is 2.42. The molecular formula is C26H28N2O4S. The molecule has 2 unspecified atom stereocenters. The van der Waals surface area contributed by atoms with E-state index in [1.807, 2.05) is 23.9 Å². The Kier molecular flexibility index (Phi) is 5.24. The number of benzene rings is 2. The molecular weight excluding hydrogens is 436 g/mol. The van der Waals surface area contributed by atoms with E-state index in [0.717, 1.165) is 54.2 Å². The molecule has 2 aromatic carbocycles. The molecule has 4 aliphatic rings. The van der Waals surface area contributed by atoms with Crippen molar-refractivity contribution in [2.75, 3.05) is 25.5 Å². The summed E-state index contributed by atoms with van der Waals surface area (Å²) in [5.74, 6) is 0.603. The van der Waals surface area contributed by atoms with Crippen molar-refractivity contribution < 1.29 is 19.1 Å². The number of hydrogen-bond acceptors (Lipinski definition) is 7.